The first kappa shape index (κ1) is 21.4. The minimum absolute atomic E-state index is 0.0958. The molecule has 1 saturated heterocycles. The third-order valence-corrected chi connectivity index (χ3v) is 5.42. The number of piperazine rings is 1. The second kappa shape index (κ2) is 9.04. The third kappa shape index (κ3) is 4.65. The summed E-state index contributed by atoms with van der Waals surface area (Å²) in [5.74, 6) is -0.438. The van der Waals surface area contributed by atoms with Crippen LogP contribution < -0.4 is 5.32 Å². The lowest BCUT2D eigenvalue weighted by molar-refractivity contribution is -0.385. The van der Waals surface area contributed by atoms with Gasteiger partial charge in [0.1, 0.15) is 5.56 Å². The van der Waals surface area contributed by atoms with Crippen LogP contribution in [0.4, 0.5) is 11.4 Å². The molecule has 0 bridgehead atoms. The van der Waals surface area contributed by atoms with Crippen molar-refractivity contribution in [2.24, 2.45) is 0 Å². The molecule has 0 spiro atoms. The van der Waals surface area contributed by atoms with E-state index in [1.807, 2.05) is 36.9 Å². The Bertz CT molecular complexity index is 961. The second-order valence-corrected chi connectivity index (χ2v) is 7.61. The zero-order valence-corrected chi connectivity index (χ0v) is 17.5. The normalized spacial score (nSPS) is 14.4. The minimum Gasteiger partial charge on any atom is -0.336 e. The van der Waals surface area contributed by atoms with Gasteiger partial charge in [0, 0.05) is 37.4 Å². The minimum atomic E-state index is -0.503. The van der Waals surface area contributed by atoms with Crippen molar-refractivity contribution in [1.82, 2.24) is 9.80 Å². The highest BCUT2D eigenvalue weighted by Crippen LogP contribution is 2.25. The van der Waals surface area contributed by atoms with Crippen molar-refractivity contribution < 1.29 is 14.5 Å². The van der Waals surface area contributed by atoms with E-state index in [1.165, 1.54) is 6.07 Å². The summed E-state index contributed by atoms with van der Waals surface area (Å²) in [4.78, 5) is 39.8. The summed E-state index contributed by atoms with van der Waals surface area (Å²) in [6, 6.07) is 10.6. The molecule has 2 aromatic rings. The van der Waals surface area contributed by atoms with Crippen LogP contribution in [0.1, 0.15) is 27.0 Å². The fourth-order valence-electron chi connectivity index (χ4n) is 3.75. The summed E-state index contributed by atoms with van der Waals surface area (Å²) in [5.41, 5.74) is 3.30. The number of hydrogen-bond acceptors (Lipinski definition) is 5. The molecule has 1 aliphatic rings. The summed E-state index contributed by atoms with van der Waals surface area (Å²) in [5, 5.41) is 14.4. The highest BCUT2D eigenvalue weighted by atomic mass is 16.6. The van der Waals surface area contributed by atoms with Crippen LogP contribution in [0.15, 0.2) is 36.4 Å². The van der Waals surface area contributed by atoms with Crippen LogP contribution >= 0.6 is 0 Å². The van der Waals surface area contributed by atoms with E-state index in [1.54, 1.807) is 24.0 Å². The maximum absolute atomic E-state index is 12.8. The molecule has 1 N–H and O–H groups in total. The Labute approximate surface area is 175 Å². The molecule has 30 heavy (non-hydrogen) atoms. The van der Waals surface area contributed by atoms with E-state index in [0.29, 0.717) is 31.7 Å². The van der Waals surface area contributed by atoms with Gasteiger partial charge in [-0.05, 0) is 38.0 Å². The number of nitrogens with zero attached hydrogens (tertiary/aromatic N) is 3. The Morgan fingerprint density at radius 1 is 0.967 bits per heavy atom. The number of hydrogen-bond donors (Lipinski definition) is 1. The van der Waals surface area contributed by atoms with Crippen LogP contribution in [0.25, 0.3) is 0 Å². The molecule has 8 heteroatoms. The van der Waals surface area contributed by atoms with Crippen molar-refractivity contribution in [3.05, 3.63) is 68.8 Å². The fourth-order valence-corrected chi connectivity index (χ4v) is 3.75. The summed E-state index contributed by atoms with van der Waals surface area (Å²) >= 11 is 0. The Hall–Kier alpha value is -3.26. The van der Waals surface area contributed by atoms with Gasteiger partial charge in [-0.15, -0.1) is 0 Å². The second-order valence-electron chi connectivity index (χ2n) is 7.61. The van der Waals surface area contributed by atoms with Gasteiger partial charge in [-0.3, -0.25) is 24.6 Å². The summed E-state index contributed by atoms with van der Waals surface area (Å²) in [6.45, 7) is 7.68. The van der Waals surface area contributed by atoms with Crippen LogP contribution in [0.2, 0.25) is 0 Å². The third-order valence-electron chi connectivity index (χ3n) is 5.42. The highest BCUT2D eigenvalue weighted by Gasteiger charge is 2.29. The number of aryl methyl sites for hydroxylation is 3. The van der Waals surface area contributed by atoms with Crippen LogP contribution in [0.5, 0.6) is 0 Å². The molecule has 0 unspecified atom stereocenters. The Balaban J connectivity index is 1.59. The number of carbonyl (C=O) groups is 2. The lowest BCUT2D eigenvalue weighted by Gasteiger charge is -2.34. The lowest BCUT2D eigenvalue weighted by atomic mass is 10.1. The number of anilines is 1. The van der Waals surface area contributed by atoms with Gasteiger partial charge < -0.3 is 10.2 Å². The zero-order valence-electron chi connectivity index (χ0n) is 17.5. The van der Waals surface area contributed by atoms with Crippen molar-refractivity contribution in [2.75, 3.05) is 38.0 Å². The van der Waals surface area contributed by atoms with Gasteiger partial charge in [-0.1, -0.05) is 30.3 Å². The molecule has 0 saturated carbocycles. The van der Waals surface area contributed by atoms with Gasteiger partial charge in [0.2, 0.25) is 5.91 Å². The molecule has 158 valence electrons. The average Bonchev–Trinajstić information content (AvgIpc) is 2.70. The maximum atomic E-state index is 12.8. The fraction of sp³-hybridized carbons (Fsp3) is 0.364. The van der Waals surface area contributed by atoms with Crippen LogP contribution in [0, 0.1) is 30.9 Å². The number of nitrogens with one attached hydrogen (secondary N) is 1. The molecular weight excluding hydrogens is 384 g/mol. The molecule has 3 rings (SSSR count). The molecule has 0 aliphatic carbocycles. The van der Waals surface area contributed by atoms with Gasteiger partial charge in [0.15, 0.2) is 0 Å². The number of nitro groups is 1. The quantitative estimate of drug-likeness (QED) is 0.604. The number of carbonyl (C=O) groups excluding carboxylic acids is 2. The van der Waals surface area contributed by atoms with Crippen LogP contribution in [-0.4, -0.2) is 59.3 Å². The first-order valence-electron chi connectivity index (χ1n) is 9.89. The van der Waals surface area contributed by atoms with Crippen molar-refractivity contribution in [3.8, 4) is 0 Å². The number of amides is 2. The predicted molar refractivity (Wildman–Crippen MR) is 115 cm³/mol. The van der Waals surface area contributed by atoms with Crippen molar-refractivity contribution >= 4 is 23.2 Å². The van der Waals surface area contributed by atoms with Crippen LogP contribution in [-0.2, 0) is 4.79 Å². The van der Waals surface area contributed by atoms with E-state index >= 15 is 0 Å². The highest BCUT2D eigenvalue weighted by molar-refractivity contribution is 5.98. The Morgan fingerprint density at radius 2 is 1.53 bits per heavy atom. The Kier molecular flexibility index (Phi) is 6.47. The van der Waals surface area contributed by atoms with Crippen LogP contribution in [0.3, 0.4) is 0 Å². The van der Waals surface area contributed by atoms with E-state index in [0.717, 1.165) is 16.8 Å². The van der Waals surface area contributed by atoms with Crippen molar-refractivity contribution in [3.63, 3.8) is 0 Å². The molecule has 0 radical (unpaired) electrons. The molecule has 1 heterocycles. The number of rotatable bonds is 5. The predicted octanol–water partition coefficient (Wildman–Crippen LogP) is 2.92. The molecule has 8 nitrogen and oxygen atoms in total. The molecule has 2 aromatic carbocycles. The van der Waals surface area contributed by atoms with E-state index in [-0.39, 0.29) is 29.6 Å². The monoisotopic (exact) mass is 410 g/mol. The average molecular weight is 410 g/mol. The van der Waals surface area contributed by atoms with Gasteiger partial charge in [-0.25, -0.2) is 0 Å². The molecule has 0 aromatic heterocycles. The smallest absolute Gasteiger partial charge is 0.285 e. The SMILES string of the molecule is Cc1cccc(C)c1NC(=O)CN1CCN(C(=O)c2cccc(C)c2[N+](=O)[O-])CC1. The molecule has 1 fully saturated rings. The van der Waals surface area contributed by atoms with E-state index in [2.05, 4.69) is 5.32 Å². The zero-order chi connectivity index (χ0) is 21.8. The molecule has 0 atom stereocenters. The Morgan fingerprint density at radius 3 is 2.13 bits per heavy atom. The van der Waals surface area contributed by atoms with E-state index < -0.39 is 4.92 Å². The number of para-hydroxylation sites is 2. The van der Waals surface area contributed by atoms with Gasteiger partial charge >= 0.3 is 0 Å². The maximum Gasteiger partial charge on any atom is 0.285 e. The molecular formula is C22H26N4O4. The number of nitro benzene ring substituents is 1. The van der Waals surface area contributed by atoms with Gasteiger partial charge in [0.05, 0.1) is 11.5 Å². The van der Waals surface area contributed by atoms with Gasteiger partial charge in [-0.2, -0.15) is 0 Å². The first-order valence-corrected chi connectivity index (χ1v) is 9.89. The topological polar surface area (TPSA) is 95.8 Å². The molecule has 2 amide bonds. The van der Waals surface area contributed by atoms with E-state index in [4.69, 9.17) is 0 Å². The number of benzene rings is 2. The lowest BCUT2D eigenvalue weighted by Crippen LogP contribution is -2.50. The van der Waals surface area contributed by atoms with Gasteiger partial charge in [0.25, 0.3) is 11.6 Å². The summed E-state index contributed by atoms with van der Waals surface area (Å²) in [6.07, 6.45) is 0. The largest absolute Gasteiger partial charge is 0.336 e. The van der Waals surface area contributed by atoms with Crippen molar-refractivity contribution in [2.45, 2.75) is 20.8 Å². The summed E-state index contributed by atoms with van der Waals surface area (Å²) in [7, 11) is 0. The standard InChI is InChI=1S/C22H26N4O4/c1-15-6-4-7-16(2)20(15)23-19(27)14-24-10-12-25(13-11-24)22(28)18-9-5-8-17(3)21(18)26(29)30/h4-9H,10-14H2,1-3H3,(H,23,27). The summed E-state index contributed by atoms with van der Waals surface area (Å²) < 4.78 is 0. The first-order chi connectivity index (χ1) is 14.3. The van der Waals surface area contributed by atoms with E-state index in [9.17, 15) is 19.7 Å². The molecule has 1 aliphatic heterocycles. The van der Waals surface area contributed by atoms with Crippen molar-refractivity contribution in [1.29, 1.82) is 0 Å².